The molecule has 2 nitrogen and oxygen atoms in total. The largest absolute Gasteiger partial charge is 0.319 e. The van der Waals surface area contributed by atoms with Crippen molar-refractivity contribution in [1.82, 2.24) is 10.2 Å². The normalized spacial score (nSPS) is 29.0. The molecular formula is C19H30N2. The summed E-state index contributed by atoms with van der Waals surface area (Å²) in [6.07, 6.45) is 7.20. The molecule has 21 heavy (non-hydrogen) atoms. The van der Waals surface area contributed by atoms with Gasteiger partial charge in [-0.2, -0.15) is 0 Å². The quantitative estimate of drug-likeness (QED) is 0.892. The van der Waals surface area contributed by atoms with E-state index in [1.165, 1.54) is 50.8 Å². The molecule has 1 heterocycles. The van der Waals surface area contributed by atoms with Gasteiger partial charge in [-0.1, -0.05) is 43.7 Å². The number of benzene rings is 1. The van der Waals surface area contributed by atoms with Crippen LogP contribution in [0.2, 0.25) is 0 Å². The number of likely N-dealkylation sites (N-methyl/N-ethyl adjacent to an activating group) is 1. The highest BCUT2D eigenvalue weighted by molar-refractivity contribution is 5.26. The summed E-state index contributed by atoms with van der Waals surface area (Å²) in [6.45, 7) is 5.97. The van der Waals surface area contributed by atoms with Crippen molar-refractivity contribution < 1.29 is 0 Å². The van der Waals surface area contributed by atoms with Crippen molar-refractivity contribution in [3.05, 3.63) is 35.9 Å². The van der Waals surface area contributed by atoms with Gasteiger partial charge in [-0.3, -0.25) is 4.90 Å². The lowest BCUT2D eigenvalue weighted by Crippen LogP contribution is -2.51. The maximum absolute atomic E-state index is 3.43. The van der Waals surface area contributed by atoms with Crippen LogP contribution in [0, 0.1) is 5.92 Å². The van der Waals surface area contributed by atoms with Gasteiger partial charge >= 0.3 is 0 Å². The maximum Gasteiger partial charge on any atom is 0.0177 e. The number of rotatable bonds is 5. The standard InChI is InChI=1S/C19H30N2/c1-19(14-20-2,17-10-4-3-5-11-17)15-21-13-7-9-16-8-6-12-18(16)21/h3-5,10-11,16,18,20H,6-9,12-15H2,1-2H3. The van der Waals surface area contributed by atoms with Crippen molar-refractivity contribution in [2.45, 2.75) is 50.5 Å². The molecule has 116 valence electrons. The number of nitrogens with zero attached hydrogens (tertiary/aromatic N) is 1. The average Bonchev–Trinajstić information content (AvgIpc) is 2.98. The number of hydrogen-bond acceptors (Lipinski definition) is 2. The molecule has 0 radical (unpaired) electrons. The molecule has 1 N–H and O–H groups in total. The fourth-order valence-corrected chi connectivity index (χ4v) is 4.68. The summed E-state index contributed by atoms with van der Waals surface area (Å²) in [5.74, 6) is 0.980. The van der Waals surface area contributed by atoms with Gasteiger partial charge < -0.3 is 5.32 Å². The fourth-order valence-electron chi connectivity index (χ4n) is 4.68. The molecule has 1 aliphatic carbocycles. The summed E-state index contributed by atoms with van der Waals surface area (Å²) in [6, 6.07) is 11.9. The Morgan fingerprint density at radius 1 is 1.14 bits per heavy atom. The Morgan fingerprint density at radius 3 is 2.67 bits per heavy atom. The second-order valence-electron chi connectivity index (χ2n) is 7.33. The van der Waals surface area contributed by atoms with E-state index in [4.69, 9.17) is 0 Å². The molecule has 3 unspecified atom stereocenters. The van der Waals surface area contributed by atoms with Crippen LogP contribution in [0.25, 0.3) is 0 Å². The van der Waals surface area contributed by atoms with E-state index in [1.807, 2.05) is 0 Å². The first-order valence-electron chi connectivity index (χ1n) is 8.67. The zero-order chi connectivity index (χ0) is 14.7. The highest BCUT2D eigenvalue weighted by Crippen LogP contribution is 2.38. The zero-order valence-corrected chi connectivity index (χ0v) is 13.6. The Morgan fingerprint density at radius 2 is 1.90 bits per heavy atom. The van der Waals surface area contributed by atoms with E-state index in [2.05, 4.69) is 54.5 Å². The summed E-state index contributed by atoms with van der Waals surface area (Å²) in [7, 11) is 2.08. The third kappa shape index (κ3) is 3.17. The van der Waals surface area contributed by atoms with Crippen LogP contribution in [-0.2, 0) is 5.41 Å². The lowest BCUT2D eigenvalue weighted by molar-refractivity contribution is 0.0879. The average molecular weight is 286 g/mol. The predicted molar refractivity (Wildman–Crippen MR) is 89.7 cm³/mol. The molecule has 1 saturated heterocycles. The first kappa shape index (κ1) is 15.1. The van der Waals surface area contributed by atoms with Gasteiger partial charge in [0.2, 0.25) is 0 Å². The molecule has 1 saturated carbocycles. The molecule has 2 heteroatoms. The van der Waals surface area contributed by atoms with Gasteiger partial charge in [0.1, 0.15) is 0 Å². The highest BCUT2D eigenvalue weighted by atomic mass is 15.2. The molecule has 1 aromatic rings. The summed E-state index contributed by atoms with van der Waals surface area (Å²) >= 11 is 0. The van der Waals surface area contributed by atoms with Crippen LogP contribution in [0.1, 0.15) is 44.6 Å². The number of piperidine rings is 1. The first-order valence-corrected chi connectivity index (χ1v) is 8.67. The Bertz CT molecular complexity index is 444. The van der Waals surface area contributed by atoms with Crippen LogP contribution in [-0.4, -0.2) is 37.6 Å². The molecule has 0 bridgehead atoms. The second-order valence-corrected chi connectivity index (χ2v) is 7.33. The van der Waals surface area contributed by atoms with Gasteiger partial charge in [-0.15, -0.1) is 0 Å². The molecule has 0 aromatic heterocycles. The van der Waals surface area contributed by atoms with Crippen molar-refractivity contribution in [3.63, 3.8) is 0 Å². The van der Waals surface area contributed by atoms with Gasteiger partial charge in [-0.25, -0.2) is 0 Å². The molecule has 3 atom stereocenters. The van der Waals surface area contributed by atoms with Crippen LogP contribution < -0.4 is 5.32 Å². The number of hydrogen-bond donors (Lipinski definition) is 1. The SMILES string of the molecule is CNCC(C)(CN1CCCC2CCCC21)c1ccccc1. The van der Waals surface area contributed by atoms with Gasteiger partial charge in [0.15, 0.2) is 0 Å². The van der Waals surface area contributed by atoms with Crippen LogP contribution >= 0.6 is 0 Å². The van der Waals surface area contributed by atoms with Gasteiger partial charge in [0.25, 0.3) is 0 Å². The van der Waals surface area contributed by atoms with Crippen LogP contribution in [0.4, 0.5) is 0 Å². The Balaban J connectivity index is 1.78. The number of fused-ring (bicyclic) bond motifs is 1. The Labute approximate surface area is 129 Å². The van der Waals surface area contributed by atoms with Gasteiger partial charge in [0.05, 0.1) is 0 Å². The second kappa shape index (κ2) is 6.50. The summed E-state index contributed by atoms with van der Waals surface area (Å²) < 4.78 is 0. The van der Waals surface area contributed by atoms with Gasteiger partial charge in [-0.05, 0) is 50.8 Å². The fraction of sp³-hybridized carbons (Fsp3) is 0.684. The minimum absolute atomic E-state index is 0.209. The zero-order valence-electron chi connectivity index (χ0n) is 13.6. The molecule has 1 aromatic carbocycles. The minimum Gasteiger partial charge on any atom is -0.319 e. The number of likely N-dealkylation sites (tertiary alicyclic amines) is 1. The third-order valence-electron chi connectivity index (χ3n) is 5.70. The molecule has 0 spiro atoms. The van der Waals surface area contributed by atoms with E-state index in [9.17, 15) is 0 Å². The van der Waals surface area contributed by atoms with Crippen molar-refractivity contribution in [2.75, 3.05) is 26.7 Å². The molecule has 1 aliphatic heterocycles. The lowest BCUT2D eigenvalue weighted by Gasteiger charge is -2.43. The van der Waals surface area contributed by atoms with Crippen LogP contribution in [0.5, 0.6) is 0 Å². The molecule has 2 fully saturated rings. The monoisotopic (exact) mass is 286 g/mol. The minimum atomic E-state index is 0.209. The molecule has 3 rings (SSSR count). The topological polar surface area (TPSA) is 15.3 Å². The van der Waals surface area contributed by atoms with Gasteiger partial charge in [0, 0.05) is 24.5 Å². The van der Waals surface area contributed by atoms with Crippen LogP contribution in [0.15, 0.2) is 30.3 Å². The summed E-state index contributed by atoms with van der Waals surface area (Å²) in [4.78, 5) is 2.81. The van der Waals surface area contributed by atoms with Crippen LogP contribution in [0.3, 0.4) is 0 Å². The highest BCUT2D eigenvalue weighted by Gasteiger charge is 2.38. The van der Waals surface area contributed by atoms with Crippen molar-refractivity contribution in [3.8, 4) is 0 Å². The predicted octanol–water partition coefficient (Wildman–Crippen LogP) is 3.43. The molecule has 0 amide bonds. The van der Waals surface area contributed by atoms with E-state index in [0.717, 1.165) is 18.5 Å². The summed E-state index contributed by atoms with van der Waals surface area (Å²) in [5, 5.41) is 3.43. The third-order valence-corrected chi connectivity index (χ3v) is 5.70. The van der Waals surface area contributed by atoms with E-state index in [0.29, 0.717) is 0 Å². The smallest absolute Gasteiger partial charge is 0.0177 e. The molecule has 2 aliphatic rings. The van der Waals surface area contributed by atoms with Crippen molar-refractivity contribution in [1.29, 1.82) is 0 Å². The lowest BCUT2D eigenvalue weighted by atomic mass is 9.80. The van der Waals surface area contributed by atoms with E-state index in [1.54, 1.807) is 0 Å². The van der Waals surface area contributed by atoms with E-state index >= 15 is 0 Å². The first-order chi connectivity index (χ1) is 10.2. The number of nitrogens with one attached hydrogen (secondary N) is 1. The van der Waals surface area contributed by atoms with Crippen molar-refractivity contribution >= 4 is 0 Å². The Hall–Kier alpha value is -0.860. The maximum atomic E-state index is 3.43. The Kier molecular flexibility index (Phi) is 4.66. The summed E-state index contributed by atoms with van der Waals surface area (Å²) in [5.41, 5.74) is 1.68. The van der Waals surface area contributed by atoms with E-state index < -0.39 is 0 Å². The van der Waals surface area contributed by atoms with Crippen molar-refractivity contribution in [2.24, 2.45) is 5.92 Å². The van der Waals surface area contributed by atoms with E-state index in [-0.39, 0.29) is 5.41 Å². The molecular weight excluding hydrogens is 256 g/mol.